The molecule has 0 fully saturated rings. The maximum Gasteiger partial charge on any atom is 0.247 e. The van der Waals surface area contributed by atoms with Gasteiger partial charge in [-0.05, 0) is 30.2 Å². The lowest BCUT2D eigenvalue weighted by Crippen LogP contribution is -1.92. The van der Waals surface area contributed by atoms with Gasteiger partial charge in [-0.3, -0.25) is 5.10 Å². The van der Waals surface area contributed by atoms with Gasteiger partial charge in [0.25, 0.3) is 0 Å². The molecule has 0 aliphatic heterocycles. The lowest BCUT2D eigenvalue weighted by atomic mass is 10.2. The van der Waals surface area contributed by atoms with Crippen molar-refractivity contribution >= 4 is 23.4 Å². The van der Waals surface area contributed by atoms with Gasteiger partial charge in [0.1, 0.15) is 0 Å². The minimum atomic E-state index is 0.594. The first-order valence-electron chi connectivity index (χ1n) is 6.72. The molecule has 0 unspecified atom stereocenters. The van der Waals surface area contributed by atoms with Crippen LogP contribution in [0.5, 0.6) is 0 Å². The summed E-state index contributed by atoms with van der Waals surface area (Å²) in [6, 6.07) is 18.5. The summed E-state index contributed by atoms with van der Waals surface area (Å²) in [5.74, 6) is 1.47. The summed E-state index contributed by atoms with van der Waals surface area (Å²) in [6.45, 7) is 2.06. The molecule has 3 aromatic rings. The van der Waals surface area contributed by atoms with Gasteiger partial charge in [-0.1, -0.05) is 54.2 Å². The van der Waals surface area contributed by atoms with Crippen LogP contribution in [0.1, 0.15) is 11.1 Å². The highest BCUT2D eigenvalue weighted by Gasteiger charge is 2.04. The molecule has 21 heavy (non-hydrogen) atoms. The number of hydrogen-bond donors (Lipinski definition) is 2. The number of nitrogens with zero attached hydrogens (tertiary/aromatic N) is 2. The van der Waals surface area contributed by atoms with Gasteiger partial charge in [-0.2, -0.15) is 4.98 Å². The summed E-state index contributed by atoms with van der Waals surface area (Å²) in [6.07, 6.45) is 0. The van der Waals surface area contributed by atoms with Crippen LogP contribution in [0.15, 0.2) is 59.8 Å². The zero-order valence-electron chi connectivity index (χ0n) is 11.7. The number of nitrogens with one attached hydrogen (secondary N) is 2. The molecule has 4 nitrogen and oxygen atoms in total. The van der Waals surface area contributed by atoms with Crippen LogP contribution in [0, 0.1) is 6.92 Å². The van der Waals surface area contributed by atoms with Crippen molar-refractivity contribution in [2.24, 2.45) is 0 Å². The Hall–Kier alpha value is -2.27. The van der Waals surface area contributed by atoms with Gasteiger partial charge < -0.3 is 5.32 Å². The highest BCUT2D eigenvalue weighted by atomic mass is 32.2. The minimum absolute atomic E-state index is 0.594. The van der Waals surface area contributed by atoms with E-state index in [1.807, 2.05) is 30.3 Å². The van der Waals surface area contributed by atoms with E-state index in [1.165, 1.54) is 11.1 Å². The van der Waals surface area contributed by atoms with Crippen molar-refractivity contribution < 1.29 is 0 Å². The Labute approximate surface area is 128 Å². The fraction of sp³-hybridized carbons (Fsp3) is 0.125. The molecule has 0 saturated heterocycles. The average Bonchev–Trinajstić information content (AvgIpc) is 2.94. The number of aromatic amines is 1. The normalized spacial score (nSPS) is 10.5. The fourth-order valence-corrected chi connectivity index (χ4v) is 2.70. The Morgan fingerprint density at radius 1 is 1.10 bits per heavy atom. The lowest BCUT2D eigenvalue weighted by Gasteiger charge is -2.01. The Morgan fingerprint density at radius 3 is 2.76 bits per heavy atom. The van der Waals surface area contributed by atoms with Crippen LogP contribution in [0.2, 0.25) is 0 Å². The summed E-state index contributed by atoms with van der Waals surface area (Å²) < 4.78 is 0. The van der Waals surface area contributed by atoms with Crippen LogP contribution < -0.4 is 5.32 Å². The Morgan fingerprint density at radius 2 is 1.95 bits per heavy atom. The molecule has 3 rings (SSSR count). The lowest BCUT2D eigenvalue weighted by molar-refractivity contribution is 0.973. The van der Waals surface area contributed by atoms with E-state index in [0.717, 1.165) is 16.6 Å². The van der Waals surface area contributed by atoms with E-state index in [0.29, 0.717) is 5.95 Å². The topological polar surface area (TPSA) is 53.6 Å². The Balaban J connectivity index is 1.61. The summed E-state index contributed by atoms with van der Waals surface area (Å²) in [7, 11) is 0. The molecule has 106 valence electrons. The molecule has 0 radical (unpaired) electrons. The molecule has 2 N–H and O–H groups in total. The average molecular weight is 296 g/mol. The van der Waals surface area contributed by atoms with Crippen LogP contribution in [0.25, 0.3) is 0 Å². The van der Waals surface area contributed by atoms with Crippen LogP contribution in [-0.4, -0.2) is 15.2 Å². The summed E-state index contributed by atoms with van der Waals surface area (Å²) in [5, 5.41) is 11.1. The van der Waals surface area contributed by atoms with Crippen LogP contribution in [-0.2, 0) is 5.75 Å². The number of hydrogen-bond acceptors (Lipinski definition) is 4. The highest BCUT2D eigenvalue weighted by Crippen LogP contribution is 2.21. The molecule has 1 aromatic heterocycles. The standard InChI is InChI=1S/C16H16N4S/c1-12-6-5-9-14(10-12)17-15-18-16(20-19-15)21-11-13-7-3-2-4-8-13/h2-10H,11H2,1H3,(H2,17,18,19,20). The first kappa shape index (κ1) is 13.7. The van der Waals surface area contributed by atoms with Crippen molar-refractivity contribution in [3.05, 3.63) is 65.7 Å². The van der Waals surface area contributed by atoms with E-state index < -0.39 is 0 Å². The third kappa shape index (κ3) is 3.86. The zero-order chi connectivity index (χ0) is 14.5. The van der Waals surface area contributed by atoms with Crippen molar-refractivity contribution in [2.45, 2.75) is 17.8 Å². The van der Waals surface area contributed by atoms with Gasteiger partial charge in [0.15, 0.2) is 5.16 Å². The molecular weight excluding hydrogens is 280 g/mol. The van der Waals surface area contributed by atoms with E-state index in [2.05, 4.69) is 51.7 Å². The third-order valence-corrected chi connectivity index (χ3v) is 3.89. The number of H-pyrrole nitrogens is 1. The molecular formula is C16H16N4S. The van der Waals surface area contributed by atoms with Crippen LogP contribution in [0.4, 0.5) is 11.6 Å². The number of aromatic nitrogens is 3. The monoisotopic (exact) mass is 296 g/mol. The Kier molecular flexibility index (Phi) is 4.21. The number of thioether (sulfide) groups is 1. The van der Waals surface area contributed by atoms with E-state index in [4.69, 9.17) is 0 Å². The molecule has 0 saturated carbocycles. The molecule has 0 aliphatic carbocycles. The summed E-state index contributed by atoms with van der Waals surface area (Å²) in [4.78, 5) is 4.44. The summed E-state index contributed by atoms with van der Waals surface area (Å²) in [5.41, 5.74) is 3.47. The first-order chi connectivity index (χ1) is 10.3. The van der Waals surface area contributed by atoms with Crippen molar-refractivity contribution in [3.63, 3.8) is 0 Å². The largest absolute Gasteiger partial charge is 0.323 e. The number of rotatable bonds is 5. The summed E-state index contributed by atoms with van der Waals surface area (Å²) >= 11 is 1.64. The molecule has 0 amide bonds. The zero-order valence-corrected chi connectivity index (χ0v) is 12.5. The van der Waals surface area contributed by atoms with Gasteiger partial charge in [0.2, 0.25) is 5.95 Å². The third-order valence-electron chi connectivity index (χ3n) is 2.96. The predicted molar refractivity (Wildman–Crippen MR) is 86.8 cm³/mol. The quantitative estimate of drug-likeness (QED) is 0.694. The minimum Gasteiger partial charge on any atom is -0.323 e. The van der Waals surface area contributed by atoms with E-state index in [-0.39, 0.29) is 0 Å². The fourth-order valence-electron chi connectivity index (χ4n) is 1.95. The second kappa shape index (κ2) is 6.45. The van der Waals surface area contributed by atoms with Crippen molar-refractivity contribution in [2.75, 3.05) is 5.32 Å². The van der Waals surface area contributed by atoms with Crippen molar-refractivity contribution in [1.82, 2.24) is 15.2 Å². The molecule has 1 heterocycles. The number of aryl methyl sites for hydroxylation is 1. The Bertz CT molecular complexity index is 709. The molecule has 0 atom stereocenters. The molecule has 0 aliphatic rings. The van der Waals surface area contributed by atoms with Crippen molar-refractivity contribution in [3.8, 4) is 0 Å². The molecule has 0 spiro atoms. The van der Waals surface area contributed by atoms with Gasteiger partial charge in [0.05, 0.1) is 0 Å². The van der Waals surface area contributed by atoms with E-state index in [1.54, 1.807) is 11.8 Å². The second-order valence-corrected chi connectivity index (χ2v) is 5.70. The van der Waals surface area contributed by atoms with Crippen molar-refractivity contribution in [1.29, 1.82) is 0 Å². The highest BCUT2D eigenvalue weighted by molar-refractivity contribution is 7.98. The molecule has 0 bridgehead atoms. The predicted octanol–water partition coefficient (Wildman–Crippen LogP) is 4.15. The number of benzene rings is 2. The SMILES string of the molecule is Cc1cccc(Nc2n[nH]c(SCc3ccccc3)n2)c1. The maximum absolute atomic E-state index is 4.44. The molecule has 2 aromatic carbocycles. The van der Waals surface area contributed by atoms with Crippen LogP contribution >= 0.6 is 11.8 Å². The van der Waals surface area contributed by atoms with Gasteiger partial charge in [0, 0.05) is 11.4 Å². The van der Waals surface area contributed by atoms with Gasteiger partial charge >= 0.3 is 0 Å². The second-order valence-electron chi connectivity index (χ2n) is 4.73. The molecule has 5 heteroatoms. The van der Waals surface area contributed by atoms with Crippen LogP contribution in [0.3, 0.4) is 0 Å². The van der Waals surface area contributed by atoms with E-state index >= 15 is 0 Å². The maximum atomic E-state index is 4.44. The van der Waals surface area contributed by atoms with Gasteiger partial charge in [-0.15, -0.1) is 5.10 Å². The van der Waals surface area contributed by atoms with E-state index in [9.17, 15) is 0 Å². The van der Waals surface area contributed by atoms with Gasteiger partial charge in [-0.25, -0.2) is 0 Å². The number of anilines is 2. The smallest absolute Gasteiger partial charge is 0.247 e. The first-order valence-corrected chi connectivity index (χ1v) is 7.71.